The van der Waals surface area contributed by atoms with Gasteiger partial charge in [-0.05, 0) is 28.5 Å². The first-order chi connectivity index (χ1) is 12.9. The van der Waals surface area contributed by atoms with Gasteiger partial charge in [0, 0.05) is 26.1 Å². The fourth-order valence-corrected chi connectivity index (χ4v) is 3.71. The number of morpholine rings is 1. The highest BCUT2D eigenvalue weighted by atomic mass is 16.5. The predicted octanol–water partition coefficient (Wildman–Crippen LogP) is 4.14. The molecule has 0 spiro atoms. The molecular formula is C24H33NO2. The Morgan fingerprint density at radius 2 is 1.52 bits per heavy atom. The predicted molar refractivity (Wildman–Crippen MR) is 111 cm³/mol. The van der Waals surface area contributed by atoms with Crippen LogP contribution in [0.15, 0.2) is 54.6 Å². The Hall–Kier alpha value is -1.68. The average molecular weight is 368 g/mol. The lowest BCUT2D eigenvalue weighted by Crippen LogP contribution is -2.40. The van der Waals surface area contributed by atoms with Crippen molar-refractivity contribution < 1.29 is 9.84 Å². The van der Waals surface area contributed by atoms with Crippen molar-refractivity contribution in [1.29, 1.82) is 0 Å². The van der Waals surface area contributed by atoms with E-state index in [9.17, 15) is 5.11 Å². The molecule has 0 aliphatic carbocycles. The summed E-state index contributed by atoms with van der Waals surface area (Å²) < 4.78 is 5.45. The number of hydrogen-bond donors (Lipinski definition) is 1. The minimum Gasteiger partial charge on any atom is -0.385 e. The molecule has 0 radical (unpaired) electrons. The lowest BCUT2D eigenvalue weighted by Gasteiger charge is -2.33. The molecule has 146 valence electrons. The molecule has 0 saturated carbocycles. The van der Waals surface area contributed by atoms with Crippen molar-refractivity contribution in [2.75, 3.05) is 32.8 Å². The van der Waals surface area contributed by atoms with E-state index in [0.717, 1.165) is 44.8 Å². The second kappa shape index (κ2) is 8.55. The highest BCUT2D eigenvalue weighted by molar-refractivity contribution is 5.31. The monoisotopic (exact) mass is 367 g/mol. The van der Waals surface area contributed by atoms with E-state index in [1.807, 2.05) is 30.3 Å². The van der Waals surface area contributed by atoms with Crippen LogP contribution < -0.4 is 0 Å². The van der Waals surface area contributed by atoms with E-state index in [-0.39, 0.29) is 5.41 Å². The van der Waals surface area contributed by atoms with Gasteiger partial charge in [-0.1, -0.05) is 75.4 Å². The van der Waals surface area contributed by atoms with Gasteiger partial charge in [-0.15, -0.1) is 0 Å². The molecule has 3 nitrogen and oxygen atoms in total. The quantitative estimate of drug-likeness (QED) is 0.833. The van der Waals surface area contributed by atoms with Crippen molar-refractivity contribution in [1.82, 2.24) is 4.90 Å². The molecule has 3 rings (SSSR count). The molecule has 1 heterocycles. The van der Waals surface area contributed by atoms with E-state index < -0.39 is 5.60 Å². The van der Waals surface area contributed by atoms with Gasteiger partial charge in [-0.25, -0.2) is 0 Å². The second-order valence-electron chi connectivity index (χ2n) is 8.73. The van der Waals surface area contributed by atoms with Gasteiger partial charge in [0.25, 0.3) is 0 Å². The van der Waals surface area contributed by atoms with Crippen LogP contribution in [0.4, 0.5) is 0 Å². The maximum absolute atomic E-state index is 11.6. The third kappa shape index (κ3) is 5.41. The lowest BCUT2D eigenvalue weighted by atomic mass is 9.82. The molecule has 1 N–H and O–H groups in total. The summed E-state index contributed by atoms with van der Waals surface area (Å²) in [7, 11) is 0. The molecule has 3 heteroatoms. The zero-order valence-corrected chi connectivity index (χ0v) is 16.9. The number of nitrogens with zero attached hydrogens (tertiary/aromatic N) is 1. The molecule has 1 saturated heterocycles. The molecule has 1 unspecified atom stereocenters. The summed E-state index contributed by atoms with van der Waals surface area (Å²) in [4.78, 5) is 2.39. The largest absolute Gasteiger partial charge is 0.385 e. The van der Waals surface area contributed by atoms with Crippen molar-refractivity contribution in [3.05, 3.63) is 71.3 Å². The highest BCUT2D eigenvalue weighted by Crippen LogP contribution is 2.31. The maximum Gasteiger partial charge on any atom is 0.0948 e. The Kier molecular flexibility index (Phi) is 6.36. The van der Waals surface area contributed by atoms with Gasteiger partial charge < -0.3 is 9.84 Å². The van der Waals surface area contributed by atoms with Gasteiger partial charge in [0.05, 0.1) is 18.8 Å². The van der Waals surface area contributed by atoms with Crippen LogP contribution in [0.5, 0.6) is 0 Å². The molecule has 1 fully saturated rings. The molecular weight excluding hydrogens is 334 g/mol. The fraction of sp³-hybridized carbons (Fsp3) is 0.500. The zero-order chi connectivity index (χ0) is 19.3. The maximum atomic E-state index is 11.6. The third-order valence-corrected chi connectivity index (χ3v) is 5.57. The molecule has 0 amide bonds. The Morgan fingerprint density at radius 3 is 2.11 bits per heavy atom. The van der Waals surface area contributed by atoms with Gasteiger partial charge in [-0.3, -0.25) is 4.90 Å². The summed E-state index contributed by atoms with van der Waals surface area (Å²) in [6.07, 6.45) is 1.35. The Bertz CT molecular complexity index is 699. The summed E-state index contributed by atoms with van der Waals surface area (Å²) in [5.74, 6) is 0. The van der Waals surface area contributed by atoms with E-state index in [2.05, 4.69) is 49.9 Å². The van der Waals surface area contributed by atoms with Gasteiger partial charge >= 0.3 is 0 Å². The number of aliphatic hydroxyl groups is 1. The minimum atomic E-state index is -0.858. The van der Waals surface area contributed by atoms with Gasteiger partial charge in [0.1, 0.15) is 0 Å². The van der Waals surface area contributed by atoms with Crippen molar-refractivity contribution >= 4 is 0 Å². The molecule has 0 aromatic heterocycles. The number of ether oxygens (including phenoxy) is 1. The molecule has 0 bridgehead atoms. The highest BCUT2D eigenvalue weighted by Gasteiger charge is 2.30. The summed E-state index contributed by atoms with van der Waals surface area (Å²) in [5.41, 5.74) is 2.78. The first kappa shape index (κ1) is 20.1. The van der Waals surface area contributed by atoms with Crippen LogP contribution >= 0.6 is 0 Å². The van der Waals surface area contributed by atoms with E-state index >= 15 is 0 Å². The van der Waals surface area contributed by atoms with E-state index in [1.165, 1.54) is 11.1 Å². The topological polar surface area (TPSA) is 32.7 Å². The molecule has 2 aromatic rings. The second-order valence-corrected chi connectivity index (χ2v) is 8.73. The van der Waals surface area contributed by atoms with Crippen molar-refractivity contribution in [2.45, 2.75) is 44.6 Å². The molecule has 27 heavy (non-hydrogen) atoms. The molecule has 1 aliphatic heterocycles. The SMILES string of the molecule is CC(C)(C)c1ccc(CC(O)(CCN2CCOCC2)c2ccccc2)cc1. The summed E-state index contributed by atoms with van der Waals surface area (Å²) in [5, 5.41) is 11.6. The first-order valence-electron chi connectivity index (χ1n) is 10.0. The van der Waals surface area contributed by atoms with Crippen molar-refractivity contribution in [2.24, 2.45) is 0 Å². The number of hydrogen-bond acceptors (Lipinski definition) is 3. The average Bonchev–Trinajstić information content (AvgIpc) is 2.68. The molecule has 2 aromatic carbocycles. The van der Waals surface area contributed by atoms with Crippen LogP contribution in [0.3, 0.4) is 0 Å². The van der Waals surface area contributed by atoms with E-state index in [1.54, 1.807) is 0 Å². The van der Waals surface area contributed by atoms with Gasteiger partial charge in [0.15, 0.2) is 0 Å². The van der Waals surface area contributed by atoms with E-state index in [0.29, 0.717) is 6.42 Å². The van der Waals surface area contributed by atoms with Crippen molar-refractivity contribution in [3.8, 4) is 0 Å². The van der Waals surface area contributed by atoms with Gasteiger partial charge in [-0.2, -0.15) is 0 Å². The number of benzene rings is 2. The first-order valence-corrected chi connectivity index (χ1v) is 10.0. The third-order valence-electron chi connectivity index (χ3n) is 5.57. The minimum absolute atomic E-state index is 0.143. The smallest absolute Gasteiger partial charge is 0.0948 e. The normalized spacial score (nSPS) is 18.2. The summed E-state index contributed by atoms with van der Waals surface area (Å²) in [6.45, 7) is 11.0. The van der Waals surface area contributed by atoms with Crippen LogP contribution in [0.2, 0.25) is 0 Å². The Morgan fingerprint density at radius 1 is 0.889 bits per heavy atom. The summed E-state index contributed by atoms with van der Waals surface area (Å²) >= 11 is 0. The molecule has 1 aliphatic rings. The standard InChI is InChI=1S/C24H33NO2/c1-23(2,3)21-11-9-20(10-12-21)19-24(26,22-7-5-4-6-8-22)13-14-25-15-17-27-18-16-25/h4-12,26H,13-19H2,1-3H3. The van der Waals surface area contributed by atoms with Gasteiger partial charge in [0.2, 0.25) is 0 Å². The van der Waals surface area contributed by atoms with Crippen LogP contribution in [0, 0.1) is 0 Å². The van der Waals surface area contributed by atoms with Crippen LogP contribution in [-0.4, -0.2) is 42.9 Å². The fourth-order valence-electron chi connectivity index (χ4n) is 3.71. The van der Waals surface area contributed by atoms with Crippen LogP contribution in [0.1, 0.15) is 43.9 Å². The summed E-state index contributed by atoms with van der Waals surface area (Å²) in [6, 6.07) is 18.9. The Balaban J connectivity index is 1.77. The molecule has 1 atom stereocenters. The number of rotatable bonds is 6. The van der Waals surface area contributed by atoms with Crippen LogP contribution in [0.25, 0.3) is 0 Å². The van der Waals surface area contributed by atoms with E-state index in [4.69, 9.17) is 4.74 Å². The zero-order valence-electron chi connectivity index (χ0n) is 16.9. The van der Waals surface area contributed by atoms with Crippen LogP contribution in [-0.2, 0) is 22.2 Å². The van der Waals surface area contributed by atoms with Crippen molar-refractivity contribution in [3.63, 3.8) is 0 Å². The lowest BCUT2D eigenvalue weighted by molar-refractivity contribution is -0.00451. The Labute approximate surface area is 164 Å².